The first-order valence-corrected chi connectivity index (χ1v) is 6.06. The van der Waals surface area contributed by atoms with Gasteiger partial charge in [0.2, 0.25) is 0 Å². The molecule has 1 heterocycles. The third kappa shape index (κ3) is 2.93. The van der Waals surface area contributed by atoms with E-state index in [1.165, 1.54) is 0 Å². The van der Waals surface area contributed by atoms with Gasteiger partial charge in [-0.2, -0.15) is 5.10 Å². The molecule has 0 aliphatic carbocycles. The van der Waals surface area contributed by atoms with E-state index in [9.17, 15) is 0 Å². The van der Waals surface area contributed by atoms with Crippen molar-refractivity contribution < 1.29 is 4.74 Å². The molecule has 5 heteroatoms. The van der Waals surface area contributed by atoms with Gasteiger partial charge in [0.15, 0.2) is 0 Å². The van der Waals surface area contributed by atoms with Crippen LogP contribution in [0.25, 0.3) is 0 Å². The molecule has 17 heavy (non-hydrogen) atoms. The van der Waals surface area contributed by atoms with Gasteiger partial charge in [-0.05, 0) is 12.1 Å². The Morgan fingerprint density at radius 3 is 2.82 bits per heavy atom. The number of hydrogen-bond donors (Lipinski definition) is 0. The van der Waals surface area contributed by atoms with Gasteiger partial charge in [0.05, 0.1) is 16.6 Å². The van der Waals surface area contributed by atoms with Crippen molar-refractivity contribution in [3.05, 3.63) is 46.7 Å². The highest BCUT2D eigenvalue weighted by atomic mass is 35.5. The fourth-order valence-electron chi connectivity index (χ4n) is 1.51. The van der Waals surface area contributed by atoms with Crippen LogP contribution in [0.1, 0.15) is 11.3 Å². The molecule has 3 nitrogen and oxygen atoms in total. The lowest BCUT2D eigenvalue weighted by Crippen LogP contribution is -2.00. The predicted molar refractivity (Wildman–Crippen MR) is 68.5 cm³/mol. The molecule has 90 valence electrons. The van der Waals surface area contributed by atoms with Gasteiger partial charge >= 0.3 is 0 Å². The van der Waals surface area contributed by atoms with Crippen LogP contribution in [0.5, 0.6) is 5.75 Å². The van der Waals surface area contributed by atoms with Crippen LogP contribution >= 0.6 is 23.2 Å². The molecule has 0 fully saturated rings. The van der Waals surface area contributed by atoms with Crippen LogP contribution in [0.15, 0.2) is 30.5 Å². The standard InChI is InChI=1S/C12H12Cl2N2O/c1-16-6-5-10(15-16)8-17-12-9(7-13)3-2-4-11(12)14/h2-6H,7-8H2,1H3. The summed E-state index contributed by atoms with van der Waals surface area (Å²) in [5.41, 5.74) is 1.74. The van der Waals surface area contributed by atoms with E-state index in [2.05, 4.69) is 5.10 Å². The van der Waals surface area contributed by atoms with Crippen LogP contribution in [0.4, 0.5) is 0 Å². The van der Waals surface area contributed by atoms with Crippen molar-refractivity contribution in [2.24, 2.45) is 7.05 Å². The third-order valence-electron chi connectivity index (χ3n) is 2.33. The summed E-state index contributed by atoms with van der Waals surface area (Å²) in [6, 6.07) is 7.43. The van der Waals surface area contributed by atoms with E-state index in [-0.39, 0.29) is 0 Å². The summed E-state index contributed by atoms with van der Waals surface area (Å²) in [5, 5.41) is 4.80. The normalized spacial score (nSPS) is 10.5. The molecule has 0 saturated carbocycles. The molecule has 0 saturated heterocycles. The van der Waals surface area contributed by atoms with E-state index >= 15 is 0 Å². The lowest BCUT2D eigenvalue weighted by atomic mass is 10.2. The maximum absolute atomic E-state index is 6.07. The number of benzene rings is 1. The summed E-state index contributed by atoms with van der Waals surface area (Å²) < 4.78 is 7.40. The van der Waals surface area contributed by atoms with E-state index < -0.39 is 0 Å². The zero-order valence-corrected chi connectivity index (χ0v) is 10.9. The number of rotatable bonds is 4. The van der Waals surface area contributed by atoms with Gasteiger partial charge in [-0.3, -0.25) is 4.68 Å². The van der Waals surface area contributed by atoms with Crippen molar-refractivity contribution in [3.63, 3.8) is 0 Å². The molecule has 0 atom stereocenters. The first-order chi connectivity index (χ1) is 8.20. The van der Waals surface area contributed by atoms with Crippen molar-refractivity contribution in [2.75, 3.05) is 0 Å². The second-order valence-electron chi connectivity index (χ2n) is 3.63. The maximum atomic E-state index is 6.07. The predicted octanol–water partition coefficient (Wildman–Crippen LogP) is 3.39. The van der Waals surface area contributed by atoms with E-state index in [1.807, 2.05) is 31.4 Å². The first-order valence-electron chi connectivity index (χ1n) is 5.15. The Balaban J connectivity index is 2.13. The van der Waals surface area contributed by atoms with E-state index in [0.717, 1.165) is 11.3 Å². The molecule has 0 aliphatic heterocycles. The first kappa shape index (κ1) is 12.3. The molecule has 0 N–H and O–H groups in total. The van der Waals surface area contributed by atoms with Crippen LogP contribution in [-0.2, 0) is 19.5 Å². The number of para-hydroxylation sites is 1. The zero-order valence-electron chi connectivity index (χ0n) is 9.36. The molecular formula is C12H12Cl2N2O. The van der Waals surface area contributed by atoms with Gasteiger partial charge in [-0.1, -0.05) is 23.7 Å². The Kier molecular flexibility index (Phi) is 3.92. The van der Waals surface area contributed by atoms with Crippen LogP contribution in [0.2, 0.25) is 5.02 Å². The van der Waals surface area contributed by atoms with Crippen molar-refractivity contribution in [2.45, 2.75) is 12.5 Å². The molecule has 0 radical (unpaired) electrons. The number of hydrogen-bond acceptors (Lipinski definition) is 2. The van der Waals surface area contributed by atoms with Gasteiger partial charge < -0.3 is 4.74 Å². The van der Waals surface area contributed by atoms with Gasteiger partial charge in [0.25, 0.3) is 0 Å². The van der Waals surface area contributed by atoms with Gasteiger partial charge in [-0.15, -0.1) is 11.6 Å². The Hall–Kier alpha value is -1.19. The molecule has 2 aromatic rings. The monoisotopic (exact) mass is 270 g/mol. The minimum atomic E-state index is 0.373. The number of alkyl halides is 1. The highest BCUT2D eigenvalue weighted by Gasteiger charge is 2.08. The number of aromatic nitrogens is 2. The fourth-order valence-corrected chi connectivity index (χ4v) is 1.97. The van der Waals surface area contributed by atoms with Crippen LogP contribution in [0.3, 0.4) is 0 Å². The van der Waals surface area contributed by atoms with Crippen LogP contribution < -0.4 is 4.74 Å². The summed E-state index contributed by atoms with van der Waals surface area (Å²) in [7, 11) is 1.86. The van der Waals surface area contributed by atoms with Crippen molar-refractivity contribution in [3.8, 4) is 5.75 Å². The third-order valence-corrected chi connectivity index (χ3v) is 2.91. The average Bonchev–Trinajstić information content (AvgIpc) is 2.73. The highest BCUT2D eigenvalue weighted by Crippen LogP contribution is 2.30. The SMILES string of the molecule is Cn1ccc(COc2c(Cl)cccc2CCl)n1. The Morgan fingerprint density at radius 2 is 2.18 bits per heavy atom. The number of nitrogens with zero attached hydrogens (tertiary/aromatic N) is 2. The Labute approximate surface area is 110 Å². The Bertz CT molecular complexity index is 511. The van der Waals surface area contributed by atoms with E-state index in [1.54, 1.807) is 10.7 Å². The summed E-state index contributed by atoms with van der Waals surface area (Å²) in [5.74, 6) is 1.01. The lowest BCUT2D eigenvalue weighted by molar-refractivity contribution is 0.298. The molecule has 0 unspecified atom stereocenters. The van der Waals surface area contributed by atoms with E-state index in [4.69, 9.17) is 27.9 Å². The quantitative estimate of drug-likeness (QED) is 0.797. The van der Waals surface area contributed by atoms with Gasteiger partial charge in [0, 0.05) is 18.8 Å². The van der Waals surface area contributed by atoms with Gasteiger partial charge in [-0.25, -0.2) is 0 Å². The number of ether oxygens (including phenoxy) is 1. The topological polar surface area (TPSA) is 27.1 Å². The molecule has 0 spiro atoms. The van der Waals surface area contributed by atoms with Crippen LogP contribution in [0, 0.1) is 0 Å². The highest BCUT2D eigenvalue weighted by molar-refractivity contribution is 6.32. The second-order valence-corrected chi connectivity index (χ2v) is 4.31. The smallest absolute Gasteiger partial charge is 0.142 e. The van der Waals surface area contributed by atoms with Crippen molar-refractivity contribution in [1.82, 2.24) is 9.78 Å². The zero-order chi connectivity index (χ0) is 12.3. The minimum Gasteiger partial charge on any atom is -0.485 e. The molecule has 0 aliphatic rings. The minimum absolute atomic E-state index is 0.373. The maximum Gasteiger partial charge on any atom is 0.142 e. The number of halogens is 2. The van der Waals surface area contributed by atoms with Crippen LogP contribution in [-0.4, -0.2) is 9.78 Å². The average molecular weight is 271 g/mol. The lowest BCUT2D eigenvalue weighted by Gasteiger charge is -2.10. The van der Waals surface area contributed by atoms with Crippen molar-refractivity contribution in [1.29, 1.82) is 0 Å². The summed E-state index contributed by atoms with van der Waals surface area (Å²) in [4.78, 5) is 0. The van der Waals surface area contributed by atoms with E-state index in [0.29, 0.717) is 23.3 Å². The molecule has 2 rings (SSSR count). The molecule has 1 aromatic heterocycles. The van der Waals surface area contributed by atoms with Gasteiger partial charge in [0.1, 0.15) is 12.4 Å². The summed E-state index contributed by atoms with van der Waals surface area (Å²) >= 11 is 11.9. The second kappa shape index (κ2) is 5.43. The summed E-state index contributed by atoms with van der Waals surface area (Å²) in [6.07, 6.45) is 1.87. The summed E-state index contributed by atoms with van der Waals surface area (Å²) in [6.45, 7) is 0.383. The molecule has 1 aromatic carbocycles. The largest absolute Gasteiger partial charge is 0.485 e. The number of aryl methyl sites for hydroxylation is 1. The molecular weight excluding hydrogens is 259 g/mol. The molecule has 0 bridgehead atoms. The Morgan fingerprint density at radius 1 is 1.35 bits per heavy atom. The van der Waals surface area contributed by atoms with Crippen molar-refractivity contribution >= 4 is 23.2 Å². The fraction of sp³-hybridized carbons (Fsp3) is 0.250. The molecule has 0 amide bonds.